The third kappa shape index (κ3) is 5.49. The fourth-order valence-corrected chi connectivity index (χ4v) is 12.4. The van der Waals surface area contributed by atoms with Crippen molar-refractivity contribution in [1.82, 2.24) is 4.57 Å². The summed E-state index contributed by atoms with van der Waals surface area (Å²) in [4.78, 5) is 0. The van der Waals surface area contributed by atoms with Gasteiger partial charge in [-0.05, 0) is 154 Å². The molecule has 2 nitrogen and oxygen atoms in total. The number of aromatic nitrogens is 1. The molecule has 2 heteroatoms. The Balaban J connectivity index is 0.860. The van der Waals surface area contributed by atoms with E-state index in [0.29, 0.717) is 0 Å². The van der Waals surface area contributed by atoms with Crippen molar-refractivity contribution in [3.8, 4) is 61.3 Å². The van der Waals surface area contributed by atoms with Crippen molar-refractivity contribution in [2.45, 2.75) is 19.3 Å². The van der Waals surface area contributed by atoms with Crippen molar-refractivity contribution in [3.05, 3.63) is 236 Å². The predicted molar refractivity (Wildman–Crippen MR) is 291 cm³/mol. The van der Waals surface area contributed by atoms with Gasteiger partial charge in [0.25, 0.3) is 0 Å². The topological polar surface area (TPSA) is 18.1 Å². The maximum Gasteiger partial charge on any atom is 0.135 e. The van der Waals surface area contributed by atoms with Crippen molar-refractivity contribution in [2.24, 2.45) is 0 Å². The van der Waals surface area contributed by atoms with Crippen LogP contribution < -0.4 is 0 Å². The molecule has 12 aromatic carbocycles. The summed E-state index contributed by atoms with van der Waals surface area (Å²) in [5.74, 6) is 0. The fourth-order valence-electron chi connectivity index (χ4n) is 12.4. The van der Waals surface area contributed by atoms with Crippen LogP contribution in [-0.4, -0.2) is 4.57 Å². The highest BCUT2D eigenvalue weighted by atomic mass is 16.3. The molecule has 0 aliphatic heterocycles. The van der Waals surface area contributed by atoms with E-state index in [1.807, 2.05) is 12.1 Å². The third-order valence-electron chi connectivity index (χ3n) is 15.5. The normalized spacial score (nSPS) is 13.2. The van der Waals surface area contributed by atoms with Gasteiger partial charge in [-0.25, -0.2) is 0 Å². The zero-order chi connectivity index (χ0) is 45.5. The van der Waals surface area contributed by atoms with Gasteiger partial charge in [0.1, 0.15) is 11.2 Å². The minimum Gasteiger partial charge on any atom is -0.456 e. The second-order valence-corrected chi connectivity index (χ2v) is 19.6. The fraction of sp³-hybridized carbons (Fsp3) is 0.0448. The van der Waals surface area contributed by atoms with Gasteiger partial charge in [-0.1, -0.05) is 184 Å². The van der Waals surface area contributed by atoms with Gasteiger partial charge in [0.05, 0.1) is 11.0 Å². The number of furan rings is 1. The summed E-state index contributed by atoms with van der Waals surface area (Å²) in [6.45, 7) is 4.81. The van der Waals surface area contributed by atoms with E-state index in [4.69, 9.17) is 4.42 Å². The minimum absolute atomic E-state index is 0.175. The summed E-state index contributed by atoms with van der Waals surface area (Å²) < 4.78 is 8.67. The number of hydrogen-bond donors (Lipinski definition) is 0. The van der Waals surface area contributed by atoms with Gasteiger partial charge in [-0.3, -0.25) is 0 Å². The van der Waals surface area contributed by atoms with E-state index < -0.39 is 0 Å². The summed E-state index contributed by atoms with van der Waals surface area (Å²) >= 11 is 0. The number of para-hydroxylation sites is 2. The van der Waals surface area contributed by atoms with Crippen LogP contribution in [0.3, 0.4) is 0 Å². The van der Waals surface area contributed by atoms with Crippen molar-refractivity contribution in [1.29, 1.82) is 0 Å². The van der Waals surface area contributed by atoms with Crippen molar-refractivity contribution in [2.75, 3.05) is 0 Å². The summed E-state index contributed by atoms with van der Waals surface area (Å²) in [5, 5.41) is 12.6. The van der Waals surface area contributed by atoms with Crippen LogP contribution >= 0.6 is 0 Å². The Bertz CT molecular complexity index is 4450. The van der Waals surface area contributed by atoms with E-state index in [0.717, 1.165) is 27.6 Å². The molecule has 15 rings (SSSR count). The highest BCUT2D eigenvalue weighted by Gasteiger charge is 2.38. The van der Waals surface area contributed by atoms with E-state index in [1.165, 1.54) is 121 Å². The molecular weight excluding hydrogens is 835 g/mol. The molecule has 0 saturated heterocycles. The van der Waals surface area contributed by atoms with Crippen LogP contribution in [-0.2, 0) is 5.41 Å². The Morgan fingerprint density at radius 2 is 0.928 bits per heavy atom. The van der Waals surface area contributed by atoms with Gasteiger partial charge in [0, 0.05) is 32.6 Å². The Labute approximate surface area is 399 Å². The quantitative estimate of drug-likeness (QED) is 0.158. The number of fused-ring (bicyclic) bond motifs is 10. The first-order valence-corrected chi connectivity index (χ1v) is 24.1. The van der Waals surface area contributed by atoms with E-state index in [9.17, 15) is 0 Å². The van der Waals surface area contributed by atoms with E-state index in [1.54, 1.807) is 0 Å². The molecule has 2 aromatic heterocycles. The van der Waals surface area contributed by atoms with Crippen molar-refractivity contribution >= 4 is 76.1 Å². The van der Waals surface area contributed by atoms with Crippen LogP contribution in [0.2, 0.25) is 0 Å². The zero-order valence-corrected chi connectivity index (χ0v) is 38.2. The first-order valence-electron chi connectivity index (χ1n) is 24.1. The minimum atomic E-state index is -0.175. The van der Waals surface area contributed by atoms with Gasteiger partial charge in [-0.2, -0.15) is 0 Å². The van der Waals surface area contributed by atoms with Crippen LogP contribution in [0.4, 0.5) is 0 Å². The molecule has 0 atom stereocenters. The Kier molecular flexibility index (Phi) is 7.87. The van der Waals surface area contributed by atoms with Crippen molar-refractivity contribution < 1.29 is 4.42 Å². The first-order chi connectivity index (χ1) is 34.0. The molecule has 322 valence electrons. The molecule has 0 radical (unpaired) electrons. The lowest BCUT2D eigenvalue weighted by Crippen LogP contribution is -2.15. The van der Waals surface area contributed by atoms with E-state index >= 15 is 0 Å². The van der Waals surface area contributed by atoms with Gasteiger partial charge in [0.15, 0.2) is 0 Å². The molecule has 0 fully saturated rings. The average Bonchev–Trinajstić information content (AvgIpc) is 4.02. The van der Waals surface area contributed by atoms with Crippen LogP contribution in [0.15, 0.2) is 229 Å². The highest BCUT2D eigenvalue weighted by Crippen LogP contribution is 2.54. The predicted octanol–water partition coefficient (Wildman–Crippen LogP) is 18.6. The molecule has 2 heterocycles. The van der Waals surface area contributed by atoms with Crippen LogP contribution in [0, 0.1) is 0 Å². The summed E-state index contributed by atoms with van der Waals surface area (Å²) in [7, 11) is 0. The maximum atomic E-state index is 6.17. The highest BCUT2D eigenvalue weighted by molar-refractivity contribution is 6.27. The van der Waals surface area contributed by atoms with Gasteiger partial charge < -0.3 is 8.98 Å². The molecule has 1 aliphatic carbocycles. The molecule has 1 aliphatic rings. The SMILES string of the molecule is CC1(C)c2ccc(-c3ccccc3)cc2-c2ccc3c(c21)c1ccccc1n3-c1cccc(-c2ccc3ccc4c(-c5cccc(-c6ccc7oc8ccccc8c7c6)c5)ccc5ccc2c3c54)c1. The summed E-state index contributed by atoms with van der Waals surface area (Å²) in [6, 6.07) is 83.2. The lowest BCUT2D eigenvalue weighted by molar-refractivity contribution is 0.666. The monoisotopic (exact) mass is 877 g/mol. The van der Waals surface area contributed by atoms with Crippen molar-refractivity contribution in [3.63, 3.8) is 0 Å². The molecule has 0 saturated carbocycles. The summed E-state index contributed by atoms with van der Waals surface area (Å²) in [6.07, 6.45) is 0. The zero-order valence-electron chi connectivity index (χ0n) is 38.2. The third-order valence-corrected chi connectivity index (χ3v) is 15.5. The number of hydrogen-bond acceptors (Lipinski definition) is 1. The molecular formula is C67H43NO. The molecule has 14 aromatic rings. The maximum absolute atomic E-state index is 6.17. The molecule has 0 amide bonds. The number of nitrogens with zero attached hydrogens (tertiary/aromatic N) is 1. The molecule has 0 N–H and O–H groups in total. The second kappa shape index (κ2) is 14.2. The van der Waals surface area contributed by atoms with Crippen LogP contribution in [0.5, 0.6) is 0 Å². The van der Waals surface area contributed by atoms with Gasteiger partial charge >= 0.3 is 0 Å². The second-order valence-electron chi connectivity index (χ2n) is 19.6. The molecule has 0 unspecified atom stereocenters. The molecule has 69 heavy (non-hydrogen) atoms. The van der Waals surface area contributed by atoms with Gasteiger partial charge in [-0.15, -0.1) is 0 Å². The molecule has 0 bridgehead atoms. The Hall–Kier alpha value is -8.72. The molecule has 0 spiro atoms. The lowest BCUT2D eigenvalue weighted by atomic mass is 9.80. The smallest absolute Gasteiger partial charge is 0.135 e. The average molecular weight is 878 g/mol. The number of benzene rings is 12. The largest absolute Gasteiger partial charge is 0.456 e. The lowest BCUT2D eigenvalue weighted by Gasteiger charge is -2.23. The standard InChI is InChI=1S/C67H43NO/c1-67(2)58-33-26-44(40-12-4-3-5-13-40)38-56(58)54-32-34-60-65(66(54)67)55-19-6-8-20-59(55)68(60)48-17-11-16-47(37-48)50-29-23-42-24-30-52-49(28-22-41-25-31-53(50)64(42)63(41)52)46-15-10-14-43(36-46)45-27-35-62-57(39-45)51-18-7-9-21-61(51)69-62/h3-39H,1-2H3. The number of rotatable bonds is 5. The van der Waals surface area contributed by atoms with E-state index in [-0.39, 0.29) is 5.41 Å². The van der Waals surface area contributed by atoms with Crippen LogP contribution in [0.1, 0.15) is 25.0 Å². The van der Waals surface area contributed by atoms with Crippen LogP contribution in [0.25, 0.3) is 137 Å². The van der Waals surface area contributed by atoms with Gasteiger partial charge in [0.2, 0.25) is 0 Å². The first kappa shape index (κ1) is 38.4. The Morgan fingerprint density at radius 1 is 0.333 bits per heavy atom. The van der Waals surface area contributed by atoms with E-state index in [2.05, 4.69) is 231 Å². The Morgan fingerprint density at radius 3 is 1.72 bits per heavy atom. The summed E-state index contributed by atoms with van der Waals surface area (Å²) in [5.41, 5.74) is 20.5.